The highest BCUT2D eigenvalue weighted by Gasteiger charge is 2.14. The van der Waals surface area contributed by atoms with Crippen molar-refractivity contribution >= 4 is 11.6 Å². The Morgan fingerprint density at radius 3 is 2.48 bits per heavy atom. The van der Waals surface area contributed by atoms with Crippen LogP contribution in [0.15, 0.2) is 52.9 Å². The van der Waals surface area contributed by atoms with Crippen LogP contribution >= 0.6 is 0 Å². The van der Waals surface area contributed by atoms with Crippen LogP contribution in [0.4, 0.5) is 5.69 Å². The third-order valence-corrected chi connectivity index (χ3v) is 4.20. The van der Waals surface area contributed by atoms with Crippen LogP contribution in [0.5, 0.6) is 11.5 Å². The summed E-state index contributed by atoms with van der Waals surface area (Å²) in [5, 5.41) is 2.82. The van der Waals surface area contributed by atoms with E-state index in [2.05, 4.69) is 5.32 Å². The molecule has 1 heterocycles. The van der Waals surface area contributed by atoms with Crippen LogP contribution < -0.4 is 14.8 Å². The Morgan fingerprint density at radius 1 is 0.963 bits per heavy atom. The second-order valence-electron chi connectivity index (χ2n) is 6.48. The first-order valence-electron chi connectivity index (χ1n) is 8.71. The van der Waals surface area contributed by atoms with Crippen molar-refractivity contribution in [1.29, 1.82) is 0 Å². The van der Waals surface area contributed by atoms with Gasteiger partial charge in [-0.2, -0.15) is 0 Å². The van der Waals surface area contributed by atoms with Gasteiger partial charge in [-0.25, -0.2) is 0 Å². The van der Waals surface area contributed by atoms with E-state index >= 15 is 0 Å². The van der Waals surface area contributed by atoms with Crippen LogP contribution in [-0.4, -0.2) is 13.0 Å². The molecule has 5 nitrogen and oxygen atoms in total. The summed E-state index contributed by atoms with van der Waals surface area (Å²) in [5.41, 5.74) is 3.80. The SMILES string of the molecule is COc1ccc(C)cc1NC(=O)c1ccc(COc2cc(C)ccc2C)o1. The van der Waals surface area contributed by atoms with Gasteiger partial charge in [0.15, 0.2) is 5.76 Å². The lowest BCUT2D eigenvalue weighted by atomic mass is 10.1. The van der Waals surface area contributed by atoms with Gasteiger partial charge >= 0.3 is 0 Å². The Bertz CT molecular complexity index is 959. The van der Waals surface area contributed by atoms with E-state index in [9.17, 15) is 4.79 Å². The molecule has 0 aliphatic rings. The number of nitrogens with one attached hydrogen (secondary N) is 1. The Balaban J connectivity index is 1.67. The summed E-state index contributed by atoms with van der Waals surface area (Å²) in [7, 11) is 1.57. The quantitative estimate of drug-likeness (QED) is 0.664. The molecule has 0 fully saturated rings. The molecular formula is C22H23NO4. The molecule has 3 rings (SSSR count). The highest BCUT2D eigenvalue weighted by Crippen LogP contribution is 2.26. The number of methoxy groups -OCH3 is 1. The molecule has 0 radical (unpaired) electrons. The number of carbonyl (C=O) groups is 1. The second kappa shape index (κ2) is 7.99. The Morgan fingerprint density at radius 2 is 1.70 bits per heavy atom. The first-order chi connectivity index (χ1) is 13.0. The van der Waals surface area contributed by atoms with Gasteiger partial charge < -0.3 is 19.2 Å². The van der Waals surface area contributed by atoms with Gasteiger partial charge in [0, 0.05) is 0 Å². The average Bonchev–Trinajstić information content (AvgIpc) is 3.12. The van der Waals surface area contributed by atoms with Crippen LogP contribution in [0.25, 0.3) is 0 Å². The van der Waals surface area contributed by atoms with Crippen LogP contribution in [0.1, 0.15) is 33.0 Å². The van der Waals surface area contributed by atoms with Gasteiger partial charge in [-0.1, -0.05) is 18.2 Å². The fraction of sp³-hybridized carbons (Fsp3) is 0.227. The first-order valence-corrected chi connectivity index (χ1v) is 8.71. The van der Waals surface area contributed by atoms with Crippen molar-refractivity contribution in [2.75, 3.05) is 12.4 Å². The van der Waals surface area contributed by atoms with Crippen LogP contribution in [0.3, 0.4) is 0 Å². The number of rotatable bonds is 6. The van der Waals surface area contributed by atoms with E-state index in [1.54, 1.807) is 19.2 Å². The summed E-state index contributed by atoms with van der Waals surface area (Å²) >= 11 is 0. The summed E-state index contributed by atoms with van der Waals surface area (Å²) in [5.74, 6) is 1.87. The Labute approximate surface area is 158 Å². The van der Waals surface area contributed by atoms with Crippen molar-refractivity contribution in [2.24, 2.45) is 0 Å². The predicted molar refractivity (Wildman–Crippen MR) is 105 cm³/mol. The second-order valence-corrected chi connectivity index (χ2v) is 6.48. The van der Waals surface area contributed by atoms with E-state index in [4.69, 9.17) is 13.9 Å². The van der Waals surface area contributed by atoms with E-state index < -0.39 is 0 Å². The monoisotopic (exact) mass is 365 g/mol. The molecule has 1 N–H and O–H groups in total. The van der Waals surface area contributed by atoms with Crippen molar-refractivity contribution in [3.8, 4) is 11.5 Å². The molecule has 3 aromatic rings. The van der Waals surface area contributed by atoms with Gasteiger partial charge in [-0.3, -0.25) is 4.79 Å². The van der Waals surface area contributed by atoms with E-state index in [1.807, 2.05) is 57.2 Å². The summed E-state index contributed by atoms with van der Waals surface area (Å²) in [6.45, 7) is 6.21. The van der Waals surface area contributed by atoms with E-state index in [0.717, 1.165) is 22.4 Å². The number of carbonyl (C=O) groups excluding carboxylic acids is 1. The van der Waals surface area contributed by atoms with Crippen LogP contribution in [-0.2, 0) is 6.61 Å². The minimum Gasteiger partial charge on any atom is -0.495 e. The highest BCUT2D eigenvalue weighted by molar-refractivity contribution is 6.03. The molecule has 1 amide bonds. The van der Waals surface area contributed by atoms with Gasteiger partial charge in [-0.05, 0) is 67.8 Å². The van der Waals surface area contributed by atoms with Crippen molar-refractivity contribution in [3.05, 3.63) is 76.7 Å². The largest absolute Gasteiger partial charge is 0.495 e. The molecule has 0 aliphatic heterocycles. The number of aryl methyl sites for hydroxylation is 3. The third kappa shape index (κ3) is 4.50. The van der Waals surface area contributed by atoms with Crippen molar-refractivity contribution in [2.45, 2.75) is 27.4 Å². The number of furan rings is 1. The molecule has 0 aliphatic carbocycles. The first kappa shape index (κ1) is 18.6. The van der Waals surface area contributed by atoms with Gasteiger partial charge in [0.1, 0.15) is 23.9 Å². The molecule has 2 aromatic carbocycles. The van der Waals surface area contributed by atoms with Crippen LogP contribution in [0, 0.1) is 20.8 Å². The van der Waals surface area contributed by atoms with Crippen molar-refractivity contribution in [1.82, 2.24) is 0 Å². The van der Waals surface area contributed by atoms with E-state index in [1.165, 1.54) is 0 Å². The zero-order chi connectivity index (χ0) is 19.4. The lowest BCUT2D eigenvalue weighted by Gasteiger charge is -2.10. The molecule has 1 aromatic heterocycles. The number of hydrogen-bond acceptors (Lipinski definition) is 4. The number of ether oxygens (including phenoxy) is 2. The fourth-order valence-corrected chi connectivity index (χ4v) is 2.69. The zero-order valence-corrected chi connectivity index (χ0v) is 16.0. The van der Waals surface area contributed by atoms with Gasteiger partial charge in [0.2, 0.25) is 0 Å². The molecule has 27 heavy (non-hydrogen) atoms. The number of benzene rings is 2. The number of amides is 1. The minimum atomic E-state index is -0.336. The number of anilines is 1. The summed E-state index contributed by atoms with van der Waals surface area (Å²) in [6.07, 6.45) is 0. The maximum Gasteiger partial charge on any atom is 0.291 e. The normalized spacial score (nSPS) is 10.5. The van der Waals surface area contributed by atoms with E-state index in [-0.39, 0.29) is 18.3 Å². The Hall–Kier alpha value is -3.21. The van der Waals surface area contributed by atoms with Crippen molar-refractivity contribution in [3.63, 3.8) is 0 Å². The fourth-order valence-electron chi connectivity index (χ4n) is 2.69. The standard InChI is InChI=1S/C22H23NO4/c1-14-6-9-19(25-4)18(11-14)23-22(24)20-10-8-17(27-20)13-26-21-12-15(2)5-7-16(21)3/h5-12H,13H2,1-4H3,(H,23,24). The Kier molecular flexibility index (Phi) is 5.50. The van der Waals surface area contributed by atoms with E-state index in [0.29, 0.717) is 17.2 Å². The number of hydrogen-bond donors (Lipinski definition) is 1. The maximum atomic E-state index is 12.5. The molecule has 0 saturated heterocycles. The molecule has 0 unspecified atom stereocenters. The molecule has 0 spiro atoms. The smallest absolute Gasteiger partial charge is 0.291 e. The molecule has 5 heteroatoms. The van der Waals surface area contributed by atoms with Gasteiger partial charge in [0.05, 0.1) is 12.8 Å². The lowest BCUT2D eigenvalue weighted by Crippen LogP contribution is -2.12. The molecule has 0 bridgehead atoms. The minimum absolute atomic E-state index is 0.220. The molecule has 140 valence electrons. The summed E-state index contributed by atoms with van der Waals surface area (Å²) < 4.78 is 16.7. The van der Waals surface area contributed by atoms with Gasteiger partial charge in [0.25, 0.3) is 5.91 Å². The zero-order valence-electron chi connectivity index (χ0n) is 16.0. The summed E-state index contributed by atoms with van der Waals surface area (Å²) in [4.78, 5) is 12.5. The predicted octanol–water partition coefficient (Wildman–Crippen LogP) is 5.04. The summed E-state index contributed by atoms with van der Waals surface area (Å²) in [6, 6.07) is 15.0. The highest BCUT2D eigenvalue weighted by atomic mass is 16.5. The van der Waals surface area contributed by atoms with Gasteiger partial charge in [-0.15, -0.1) is 0 Å². The molecular weight excluding hydrogens is 342 g/mol. The van der Waals surface area contributed by atoms with Crippen LogP contribution in [0.2, 0.25) is 0 Å². The topological polar surface area (TPSA) is 60.7 Å². The third-order valence-electron chi connectivity index (χ3n) is 4.20. The lowest BCUT2D eigenvalue weighted by molar-refractivity contribution is 0.0992. The molecule has 0 saturated carbocycles. The average molecular weight is 365 g/mol. The molecule has 0 atom stereocenters. The maximum absolute atomic E-state index is 12.5. The van der Waals surface area contributed by atoms with Crippen molar-refractivity contribution < 1.29 is 18.7 Å².